The smallest absolute Gasteiger partial charge is 0.177 e. The minimum absolute atomic E-state index is 0.577. The molecule has 2 aromatic carbocycles. The Morgan fingerprint density at radius 3 is 2.68 bits per heavy atom. The van der Waals surface area contributed by atoms with Crippen LogP contribution in [0.25, 0.3) is 22.6 Å². The maximum atomic E-state index is 6.12. The summed E-state index contributed by atoms with van der Waals surface area (Å²) in [4.78, 5) is 4.71. The zero-order chi connectivity index (χ0) is 17.1. The molecule has 0 atom stereocenters. The van der Waals surface area contributed by atoms with Gasteiger partial charge in [-0.3, -0.25) is 0 Å². The van der Waals surface area contributed by atoms with Crippen molar-refractivity contribution in [2.24, 2.45) is 0 Å². The normalized spacial score (nSPS) is 11.1. The van der Waals surface area contributed by atoms with Gasteiger partial charge in [0.1, 0.15) is 5.75 Å². The van der Waals surface area contributed by atoms with Crippen molar-refractivity contribution >= 4 is 22.6 Å². The van der Waals surface area contributed by atoms with Gasteiger partial charge in [0.15, 0.2) is 11.6 Å². The third kappa shape index (κ3) is 3.26. The predicted octanol–water partition coefficient (Wildman–Crippen LogP) is 5.42. The number of nitrogens with zero attached hydrogens (tertiary/aromatic N) is 2. The first-order valence-electron chi connectivity index (χ1n) is 8.19. The van der Waals surface area contributed by atoms with E-state index >= 15 is 0 Å². The van der Waals surface area contributed by atoms with Crippen molar-refractivity contribution in [3.8, 4) is 17.3 Å². The number of hydrogen-bond donors (Lipinski definition) is 0. The highest BCUT2D eigenvalue weighted by Crippen LogP contribution is 2.26. The van der Waals surface area contributed by atoms with E-state index in [9.17, 15) is 0 Å². The summed E-state index contributed by atoms with van der Waals surface area (Å²) in [6.45, 7) is 1.36. The number of para-hydroxylation sites is 3. The molecule has 0 aliphatic heterocycles. The van der Waals surface area contributed by atoms with Crippen LogP contribution in [0, 0.1) is 0 Å². The minimum Gasteiger partial charge on any atom is -0.492 e. The molecule has 4 aromatic rings. The molecule has 0 radical (unpaired) electrons. The monoisotopic (exact) mass is 352 g/mol. The number of benzene rings is 2. The molecule has 126 valence electrons. The zero-order valence-corrected chi connectivity index (χ0v) is 14.3. The van der Waals surface area contributed by atoms with E-state index in [1.165, 1.54) is 0 Å². The van der Waals surface area contributed by atoms with Crippen molar-refractivity contribution in [1.29, 1.82) is 0 Å². The number of ether oxygens (including phenoxy) is 1. The molecule has 0 N–H and O–H groups in total. The molecule has 5 heteroatoms. The average molecular weight is 353 g/mol. The fourth-order valence-corrected chi connectivity index (χ4v) is 3.05. The number of aromatic nitrogens is 2. The maximum absolute atomic E-state index is 6.12. The topological polar surface area (TPSA) is 40.2 Å². The van der Waals surface area contributed by atoms with Crippen LogP contribution in [0.3, 0.4) is 0 Å². The molecule has 0 saturated heterocycles. The Labute approximate surface area is 150 Å². The van der Waals surface area contributed by atoms with E-state index in [1.54, 1.807) is 6.26 Å². The second-order valence-electron chi connectivity index (χ2n) is 5.69. The van der Waals surface area contributed by atoms with E-state index in [1.807, 2.05) is 54.6 Å². The molecule has 2 heterocycles. The lowest BCUT2D eigenvalue weighted by atomic mass is 10.3. The fraction of sp³-hybridized carbons (Fsp3) is 0.150. The molecule has 0 unspecified atom stereocenters. The quantitative estimate of drug-likeness (QED) is 0.435. The molecule has 4 nitrogen and oxygen atoms in total. The van der Waals surface area contributed by atoms with Crippen LogP contribution >= 0.6 is 11.6 Å². The molecule has 0 amide bonds. The Hall–Kier alpha value is -2.72. The van der Waals surface area contributed by atoms with Gasteiger partial charge in [-0.25, -0.2) is 4.98 Å². The standard InChI is InChI=1S/C20H17ClN2O2/c21-15-7-1-4-10-18(15)24-14-6-12-23-17-9-3-2-8-16(17)22-20(23)19-11-5-13-25-19/h1-5,7-11,13H,6,12,14H2. The third-order valence-electron chi connectivity index (χ3n) is 4.02. The van der Waals surface area contributed by atoms with E-state index < -0.39 is 0 Å². The summed E-state index contributed by atoms with van der Waals surface area (Å²) < 4.78 is 13.5. The highest BCUT2D eigenvalue weighted by Gasteiger charge is 2.14. The van der Waals surface area contributed by atoms with Crippen molar-refractivity contribution < 1.29 is 9.15 Å². The van der Waals surface area contributed by atoms with Crippen LogP contribution in [0.5, 0.6) is 5.75 Å². The Balaban J connectivity index is 1.53. The van der Waals surface area contributed by atoms with Gasteiger partial charge >= 0.3 is 0 Å². The summed E-state index contributed by atoms with van der Waals surface area (Å²) in [5, 5.41) is 0.631. The van der Waals surface area contributed by atoms with E-state index in [4.69, 9.17) is 25.7 Å². The summed E-state index contributed by atoms with van der Waals surface area (Å²) in [6.07, 6.45) is 2.50. The minimum atomic E-state index is 0.577. The number of furan rings is 1. The van der Waals surface area contributed by atoms with Crippen molar-refractivity contribution in [2.75, 3.05) is 6.61 Å². The third-order valence-corrected chi connectivity index (χ3v) is 4.33. The summed E-state index contributed by atoms with van der Waals surface area (Å²) in [7, 11) is 0. The van der Waals surface area contributed by atoms with Gasteiger partial charge in [0.2, 0.25) is 0 Å². The first kappa shape index (κ1) is 15.8. The SMILES string of the molecule is Clc1ccccc1OCCCn1c(-c2ccco2)nc2ccccc21. The first-order chi connectivity index (χ1) is 12.3. The molecule has 0 spiro atoms. The van der Waals surface area contributed by atoms with Crippen molar-refractivity contribution in [3.05, 3.63) is 71.9 Å². The van der Waals surface area contributed by atoms with Crippen LogP contribution in [-0.2, 0) is 6.54 Å². The molecular weight excluding hydrogens is 336 g/mol. The van der Waals surface area contributed by atoms with Gasteiger partial charge in [-0.2, -0.15) is 0 Å². The highest BCUT2D eigenvalue weighted by molar-refractivity contribution is 6.32. The number of hydrogen-bond acceptors (Lipinski definition) is 3. The van der Waals surface area contributed by atoms with E-state index in [0.717, 1.165) is 35.6 Å². The Kier molecular flexibility index (Phi) is 4.44. The summed E-state index contributed by atoms with van der Waals surface area (Å²) in [6, 6.07) is 19.4. The Morgan fingerprint density at radius 1 is 1.00 bits per heavy atom. The lowest BCUT2D eigenvalue weighted by Crippen LogP contribution is -2.06. The van der Waals surface area contributed by atoms with Crippen LogP contribution in [0.4, 0.5) is 0 Å². The van der Waals surface area contributed by atoms with Crippen LogP contribution in [0.2, 0.25) is 5.02 Å². The van der Waals surface area contributed by atoms with Gasteiger partial charge in [0.25, 0.3) is 0 Å². The number of rotatable bonds is 6. The zero-order valence-electron chi connectivity index (χ0n) is 13.6. The summed E-state index contributed by atoms with van der Waals surface area (Å²) >= 11 is 6.12. The van der Waals surface area contributed by atoms with Crippen molar-refractivity contribution in [3.63, 3.8) is 0 Å². The summed E-state index contributed by atoms with van der Waals surface area (Å²) in [5.41, 5.74) is 2.05. The molecule has 0 aliphatic rings. The average Bonchev–Trinajstić information content (AvgIpc) is 3.28. The molecule has 0 fully saturated rings. The molecule has 4 rings (SSSR count). The maximum Gasteiger partial charge on any atom is 0.177 e. The predicted molar refractivity (Wildman–Crippen MR) is 99.0 cm³/mol. The van der Waals surface area contributed by atoms with E-state index in [0.29, 0.717) is 17.4 Å². The molecule has 0 saturated carbocycles. The number of fused-ring (bicyclic) bond motifs is 1. The van der Waals surface area contributed by atoms with Gasteiger partial charge in [0, 0.05) is 6.54 Å². The Bertz CT molecular complexity index is 976. The lowest BCUT2D eigenvalue weighted by Gasteiger charge is -2.10. The van der Waals surface area contributed by atoms with Gasteiger partial charge < -0.3 is 13.7 Å². The Morgan fingerprint density at radius 2 is 1.84 bits per heavy atom. The number of halogens is 1. The van der Waals surface area contributed by atoms with Crippen molar-refractivity contribution in [1.82, 2.24) is 9.55 Å². The van der Waals surface area contributed by atoms with Gasteiger partial charge in [-0.05, 0) is 42.8 Å². The van der Waals surface area contributed by atoms with Crippen LogP contribution in [0.1, 0.15) is 6.42 Å². The second kappa shape index (κ2) is 7.03. The van der Waals surface area contributed by atoms with Gasteiger partial charge in [-0.1, -0.05) is 35.9 Å². The second-order valence-corrected chi connectivity index (χ2v) is 6.09. The van der Waals surface area contributed by atoms with Gasteiger partial charge in [0.05, 0.1) is 28.9 Å². The molecule has 0 aliphatic carbocycles. The largest absolute Gasteiger partial charge is 0.492 e. The van der Waals surface area contributed by atoms with Gasteiger partial charge in [-0.15, -0.1) is 0 Å². The van der Waals surface area contributed by atoms with Crippen LogP contribution in [-0.4, -0.2) is 16.2 Å². The lowest BCUT2D eigenvalue weighted by molar-refractivity contribution is 0.303. The van der Waals surface area contributed by atoms with Crippen LogP contribution in [0.15, 0.2) is 71.3 Å². The molecule has 25 heavy (non-hydrogen) atoms. The fourth-order valence-electron chi connectivity index (χ4n) is 2.86. The van der Waals surface area contributed by atoms with E-state index in [2.05, 4.69) is 10.6 Å². The highest BCUT2D eigenvalue weighted by atomic mass is 35.5. The molecule has 2 aromatic heterocycles. The first-order valence-corrected chi connectivity index (χ1v) is 8.57. The number of imidazole rings is 1. The van der Waals surface area contributed by atoms with Crippen LogP contribution < -0.4 is 4.74 Å². The van der Waals surface area contributed by atoms with Crippen molar-refractivity contribution in [2.45, 2.75) is 13.0 Å². The molecule has 0 bridgehead atoms. The number of aryl methyl sites for hydroxylation is 1. The van der Waals surface area contributed by atoms with E-state index in [-0.39, 0.29) is 0 Å². The molecular formula is C20H17ClN2O2. The summed E-state index contributed by atoms with van der Waals surface area (Å²) in [5.74, 6) is 2.32.